The Morgan fingerprint density at radius 3 is 2.88 bits per heavy atom. The number of benzene rings is 1. The lowest BCUT2D eigenvalue weighted by atomic mass is 10.2. The number of carbonyl (C=O) groups is 2. The molecule has 1 atom stereocenters. The van der Waals surface area contributed by atoms with Crippen molar-refractivity contribution in [1.29, 1.82) is 0 Å². The zero-order valence-corrected chi connectivity index (χ0v) is 13.7. The molecule has 9 nitrogen and oxygen atoms in total. The van der Waals surface area contributed by atoms with Gasteiger partial charge in [-0.2, -0.15) is 0 Å². The van der Waals surface area contributed by atoms with Gasteiger partial charge in [-0.1, -0.05) is 18.2 Å². The standard InChI is InChI=1S/C17H14N6O3/c1-9(16(24)23-15-13-14(20-7-19-13)21-8-22-15)26-17(25)11-6-18-12-5-3-2-4-10(11)12/h2-9,18H,1H3,(H2,19,20,21,22,23,24)/t9-/m0/s1. The maximum atomic E-state index is 12.4. The highest BCUT2D eigenvalue weighted by Gasteiger charge is 2.22. The topological polar surface area (TPSA) is 126 Å². The molecule has 0 aliphatic rings. The van der Waals surface area contributed by atoms with Crippen molar-refractivity contribution < 1.29 is 14.3 Å². The fourth-order valence-corrected chi connectivity index (χ4v) is 2.60. The van der Waals surface area contributed by atoms with Gasteiger partial charge in [-0.05, 0) is 13.0 Å². The molecule has 0 radical (unpaired) electrons. The second-order valence-corrected chi connectivity index (χ2v) is 5.61. The first-order valence-corrected chi connectivity index (χ1v) is 7.85. The number of hydrogen-bond acceptors (Lipinski definition) is 6. The number of rotatable bonds is 4. The number of anilines is 1. The number of nitrogens with one attached hydrogen (secondary N) is 3. The molecule has 3 aromatic heterocycles. The van der Waals surface area contributed by atoms with Gasteiger partial charge in [0, 0.05) is 17.1 Å². The fourth-order valence-electron chi connectivity index (χ4n) is 2.60. The monoisotopic (exact) mass is 350 g/mol. The van der Waals surface area contributed by atoms with E-state index in [0.717, 1.165) is 10.9 Å². The number of imidazole rings is 1. The quantitative estimate of drug-likeness (QED) is 0.483. The summed E-state index contributed by atoms with van der Waals surface area (Å²) >= 11 is 0. The van der Waals surface area contributed by atoms with E-state index in [1.807, 2.05) is 24.3 Å². The van der Waals surface area contributed by atoms with Gasteiger partial charge in [0.2, 0.25) is 0 Å². The van der Waals surface area contributed by atoms with Gasteiger partial charge >= 0.3 is 5.97 Å². The molecule has 0 saturated carbocycles. The van der Waals surface area contributed by atoms with E-state index >= 15 is 0 Å². The smallest absolute Gasteiger partial charge is 0.341 e. The SMILES string of the molecule is C[C@H](OC(=O)c1c[nH]c2ccccc12)C(=O)Nc1ncnc2nc[nH]c12. The Labute approximate surface area is 146 Å². The predicted molar refractivity (Wildman–Crippen MR) is 93.5 cm³/mol. The number of carbonyl (C=O) groups excluding carboxylic acids is 2. The van der Waals surface area contributed by atoms with Crippen LogP contribution >= 0.6 is 0 Å². The van der Waals surface area contributed by atoms with E-state index in [9.17, 15) is 9.59 Å². The lowest BCUT2D eigenvalue weighted by Gasteiger charge is -2.13. The Morgan fingerprint density at radius 1 is 1.15 bits per heavy atom. The van der Waals surface area contributed by atoms with Crippen molar-refractivity contribution in [1.82, 2.24) is 24.9 Å². The lowest BCUT2D eigenvalue weighted by Crippen LogP contribution is -2.30. The normalized spacial score (nSPS) is 12.2. The maximum absolute atomic E-state index is 12.4. The van der Waals surface area contributed by atoms with Crippen molar-refractivity contribution in [3.63, 3.8) is 0 Å². The highest BCUT2D eigenvalue weighted by atomic mass is 16.5. The molecule has 0 unspecified atom stereocenters. The molecule has 0 fully saturated rings. The Hall–Kier alpha value is -3.75. The first kappa shape index (κ1) is 15.8. The lowest BCUT2D eigenvalue weighted by molar-refractivity contribution is -0.123. The molecule has 0 saturated heterocycles. The highest BCUT2D eigenvalue weighted by Crippen LogP contribution is 2.19. The number of para-hydroxylation sites is 1. The molecular weight excluding hydrogens is 336 g/mol. The van der Waals surface area contributed by atoms with Gasteiger partial charge in [0.25, 0.3) is 5.91 Å². The van der Waals surface area contributed by atoms with E-state index in [1.165, 1.54) is 19.6 Å². The van der Waals surface area contributed by atoms with Crippen LogP contribution in [-0.4, -0.2) is 42.9 Å². The van der Waals surface area contributed by atoms with Crippen LogP contribution in [0.25, 0.3) is 22.1 Å². The number of hydrogen-bond donors (Lipinski definition) is 3. The van der Waals surface area contributed by atoms with Crippen LogP contribution in [0.3, 0.4) is 0 Å². The van der Waals surface area contributed by atoms with Crippen LogP contribution in [0.4, 0.5) is 5.82 Å². The zero-order chi connectivity index (χ0) is 18.1. The number of amides is 1. The third-order valence-electron chi connectivity index (χ3n) is 3.93. The van der Waals surface area contributed by atoms with Crippen molar-refractivity contribution in [3.8, 4) is 0 Å². The van der Waals surface area contributed by atoms with Crippen LogP contribution in [-0.2, 0) is 9.53 Å². The number of fused-ring (bicyclic) bond motifs is 2. The Kier molecular flexibility index (Phi) is 3.81. The summed E-state index contributed by atoms with van der Waals surface area (Å²) < 4.78 is 5.29. The summed E-state index contributed by atoms with van der Waals surface area (Å²) in [6.45, 7) is 1.49. The molecule has 9 heteroatoms. The summed E-state index contributed by atoms with van der Waals surface area (Å²) in [7, 11) is 0. The van der Waals surface area contributed by atoms with Gasteiger partial charge in [0.05, 0.1) is 11.9 Å². The Bertz CT molecular complexity index is 1120. The molecular formula is C17H14N6O3. The summed E-state index contributed by atoms with van der Waals surface area (Å²) in [6, 6.07) is 7.35. The van der Waals surface area contributed by atoms with E-state index in [2.05, 4.69) is 30.2 Å². The van der Waals surface area contributed by atoms with Gasteiger partial charge in [0.15, 0.2) is 17.6 Å². The van der Waals surface area contributed by atoms with E-state index in [4.69, 9.17) is 4.74 Å². The predicted octanol–water partition coefficient (Wildman–Crippen LogP) is 2.02. The molecule has 130 valence electrons. The van der Waals surface area contributed by atoms with Crippen LogP contribution in [0.1, 0.15) is 17.3 Å². The van der Waals surface area contributed by atoms with Gasteiger partial charge in [-0.15, -0.1) is 0 Å². The van der Waals surface area contributed by atoms with Crippen molar-refractivity contribution in [2.45, 2.75) is 13.0 Å². The number of aromatic amines is 2. The van der Waals surface area contributed by atoms with Crippen LogP contribution < -0.4 is 5.32 Å². The molecule has 0 bridgehead atoms. The third-order valence-corrected chi connectivity index (χ3v) is 3.93. The van der Waals surface area contributed by atoms with E-state index in [1.54, 1.807) is 6.20 Å². The molecule has 0 spiro atoms. The number of H-pyrrole nitrogens is 2. The third kappa shape index (κ3) is 2.75. The van der Waals surface area contributed by atoms with E-state index in [-0.39, 0.29) is 5.82 Å². The van der Waals surface area contributed by atoms with Crippen LogP contribution in [0.15, 0.2) is 43.1 Å². The fraction of sp³-hybridized carbons (Fsp3) is 0.118. The minimum atomic E-state index is -1.01. The molecule has 4 aromatic rings. The first-order valence-electron chi connectivity index (χ1n) is 7.85. The second kappa shape index (κ2) is 6.28. The van der Waals surface area contributed by atoms with E-state index < -0.39 is 18.0 Å². The average molecular weight is 350 g/mol. The highest BCUT2D eigenvalue weighted by molar-refractivity contribution is 6.05. The van der Waals surface area contributed by atoms with Crippen LogP contribution in [0, 0.1) is 0 Å². The Morgan fingerprint density at radius 2 is 2.00 bits per heavy atom. The van der Waals surface area contributed by atoms with Crippen molar-refractivity contribution in [2.75, 3.05) is 5.32 Å². The number of nitrogens with zero attached hydrogens (tertiary/aromatic N) is 3. The molecule has 0 aliphatic heterocycles. The maximum Gasteiger partial charge on any atom is 0.341 e. The van der Waals surface area contributed by atoms with Gasteiger partial charge in [-0.25, -0.2) is 19.7 Å². The zero-order valence-electron chi connectivity index (χ0n) is 13.7. The molecule has 3 N–H and O–H groups in total. The molecule has 4 rings (SSSR count). The summed E-state index contributed by atoms with van der Waals surface area (Å²) in [5.74, 6) is -0.820. The van der Waals surface area contributed by atoms with Crippen molar-refractivity contribution in [2.24, 2.45) is 0 Å². The summed E-state index contributed by atoms with van der Waals surface area (Å²) in [6.07, 6.45) is 3.30. The number of esters is 1. The van der Waals surface area contributed by atoms with Crippen molar-refractivity contribution in [3.05, 3.63) is 48.7 Å². The van der Waals surface area contributed by atoms with Gasteiger partial charge in [0.1, 0.15) is 11.8 Å². The van der Waals surface area contributed by atoms with Gasteiger partial charge in [-0.3, -0.25) is 4.79 Å². The summed E-state index contributed by atoms with van der Waals surface area (Å²) in [5.41, 5.74) is 2.12. The molecule has 1 amide bonds. The summed E-state index contributed by atoms with van der Waals surface area (Å²) in [4.78, 5) is 42.6. The summed E-state index contributed by atoms with van der Waals surface area (Å²) in [5, 5.41) is 3.35. The minimum absolute atomic E-state index is 0.271. The van der Waals surface area contributed by atoms with Crippen LogP contribution in [0.5, 0.6) is 0 Å². The second-order valence-electron chi connectivity index (χ2n) is 5.61. The molecule has 0 aliphatic carbocycles. The van der Waals surface area contributed by atoms with Gasteiger partial charge < -0.3 is 20.0 Å². The minimum Gasteiger partial charge on any atom is -0.449 e. The first-order chi connectivity index (χ1) is 12.6. The largest absolute Gasteiger partial charge is 0.449 e. The van der Waals surface area contributed by atoms with Crippen LogP contribution in [0.2, 0.25) is 0 Å². The number of aromatic nitrogens is 5. The number of ether oxygens (including phenoxy) is 1. The molecule has 3 heterocycles. The molecule has 26 heavy (non-hydrogen) atoms. The average Bonchev–Trinajstić information content (AvgIpc) is 3.29. The van der Waals surface area contributed by atoms with Crippen molar-refractivity contribution >= 4 is 39.8 Å². The Balaban J connectivity index is 1.49. The molecule has 1 aromatic carbocycles. The van der Waals surface area contributed by atoms with E-state index in [0.29, 0.717) is 16.7 Å².